The van der Waals surface area contributed by atoms with Crippen LogP contribution in [0, 0.1) is 13.8 Å². The molecule has 0 saturated carbocycles. The van der Waals surface area contributed by atoms with Gasteiger partial charge in [-0.15, -0.1) is 0 Å². The lowest BCUT2D eigenvalue weighted by molar-refractivity contribution is 0.499. The molecule has 1 unspecified atom stereocenters. The molecule has 1 rings (SSSR count). The molecule has 0 aliphatic heterocycles. The summed E-state index contributed by atoms with van der Waals surface area (Å²) in [5.74, 6) is 2.72. The molecule has 0 radical (unpaired) electrons. The number of hydrogen-bond donors (Lipinski definition) is 1. The Labute approximate surface area is 93.7 Å². The van der Waals surface area contributed by atoms with Crippen LogP contribution in [0.5, 0.6) is 0 Å². The molecule has 4 heteroatoms. The van der Waals surface area contributed by atoms with Gasteiger partial charge in [0.05, 0.1) is 0 Å². The second-order valence-electron chi connectivity index (χ2n) is 3.75. The average molecular weight is 229 g/mol. The molecule has 3 nitrogen and oxygen atoms in total. The SMILES string of the molecule is Cc1cc(CNCCCS(C)=O)c(C)o1. The van der Waals surface area contributed by atoms with E-state index in [0.717, 1.165) is 36.8 Å². The Morgan fingerprint density at radius 1 is 1.47 bits per heavy atom. The third kappa shape index (κ3) is 4.62. The van der Waals surface area contributed by atoms with Gasteiger partial charge in [0.25, 0.3) is 0 Å². The summed E-state index contributed by atoms with van der Waals surface area (Å²) in [4.78, 5) is 0. The third-order valence-electron chi connectivity index (χ3n) is 2.24. The standard InChI is InChI=1S/C11H19NO2S/c1-9-7-11(10(2)14-9)8-12-5-4-6-15(3)13/h7,12H,4-6,8H2,1-3H3. The maximum atomic E-state index is 10.8. The molecule has 0 bridgehead atoms. The second kappa shape index (κ2) is 6.08. The lowest BCUT2D eigenvalue weighted by atomic mass is 10.2. The van der Waals surface area contributed by atoms with Gasteiger partial charge in [0.2, 0.25) is 0 Å². The van der Waals surface area contributed by atoms with Gasteiger partial charge in [-0.3, -0.25) is 4.21 Å². The molecule has 0 saturated heterocycles. The summed E-state index contributed by atoms with van der Waals surface area (Å²) < 4.78 is 16.2. The normalized spacial score (nSPS) is 13.0. The van der Waals surface area contributed by atoms with Crippen LogP contribution in [0.3, 0.4) is 0 Å². The van der Waals surface area contributed by atoms with E-state index in [1.807, 2.05) is 13.8 Å². The molecule has 1 heterocycles. The molecule has 1 aromatic heterocycles. The summed E-state index contributed by atoms with van der Waals surface area (Å²) in [5.41, 5.74) is 1.21. The highest BCUT2D eigenvalue weighted by molar-refractivity contribution is 7.84. The van der Waals surface area contributed by atoms with Gasteiger partial charge in [-0.2, -0.15) is 0 Å². The van der Waals surface area contributed by atoms with Crippen LogP contribution in [-0.2, 0) is 17.3 Å². The van der Waals surface area contributed by atoms with E-state index >= 15 is 0 Å². The molecule has 0 fully saturated rings. The quantitative estimate of drug-likeness (QED) is 0.756. The van der Waals surface area contributed by atoms with Gasteiger partial charge in [-0.05, 0) is 32.9 Å². The molecule has 0 aliphatic carbocycles. The van der Waals surface area contributed by atoms with Crippen LogP contribution in [0.4, 0.5) is 0 Å². The van der Waals surface area contributed by atoms with Crippen LogP contribution in [0.1, 0.15) is 23.5 Å². The highest BCUT2D eigenvalue weighted by Crippen LogP contribution is 2.12. The summed E-state index contributed by atoms with van der Waals surface area (Å²) in [6, 6.07) is 2.06. The van der Waals surface area contributed by atoms with Gasteiger partial charge < -0.3 is 9.73 Å². The van der Waals surface area contributed by atoms with Crippen LogP contribution in [-0.4, -0.2) is 22.8 Å². The number of furan rings is 1. The summed E-state index contributed by atoms with van der Waals surface area (Å²) in [7, 11) is -0.672. The lowest BCUT2D eigenvalue weighted by Gasteiger charge is -2.02. The Morgan fingerprint density at radius 3 is 2.73 bits per heavy atom. The number of rotatable bonds is 6. The van der Waals surface area contributed by atoms with Crippen molar-refractivity contribution < 1.29 is 8.63 Å². The zero-order chi connectivity index (χ0) is 11.3. The Balaban J connectivity index is 2.20. The highest BCUT2D eigenvalue weighted by atomic mass is 32.2. The molecule has 0 aliphatic rings. The van der Waals surface area contributed by atoms with Crippen molar-refractivity contribution in [2.24, 2.45) is 0 Å². The van der Waals surface area contributed by atoms with Crippen molar-refractivity contribution >= 4 is 10.8 Å². The summed E-state index contributed by atoms with van der Waals surface area (Å²) in [6.45, 7) is 5.67. The first-order valence-corrected chi connectivity index (χ1v) is 6.89. The fraction of sp³-hybridized carbons (Fsp3) is 0.636. The summed E-state index contributed by atoms with van der Waals surface area (Å²) >= 11 is 0. The topological polar surface area (TPSA) is 42.2 Å². The largest absolute Gasteiger partial charge is 0.466 e. The molecule has 86 valence electrons. The molecule has 0 spiro atoms. The zero-order valence-corrected chi connectivity index (χ0v) is 10.4. The highest BCUT2D eigenvalue weighted by Gasteiger charge is 2.03. The van der Waals surface area contributed by atoms with E-state index in [2.05, 4.69) is 11.4 Å². The van der Waals surface area contributed by atoms with Gasteiger partial charge in [0, 0.05) is 34.9 Å². The van der Waals surface area contributed by atoms with E-state index in [9.17, 15) is 4.21 Å². The van der Waals surface area contributed by atoms with Gasteiger partial charge in [-0.1, -0.05) is 0 Å². The van der Waals surface area contributed by atoms with Crippen molar-refractivity contribution in [3.63, 3.8) is 0 Å². The van der Waals surface area contributed by atoms with Crippen molar-refractivity contribution in [2.45, 2.75) is 26.8 Å². The second-order valence-corrected chi connectivity index (χ2v) is 5.30. The lowest BCUT2D eigenvalue weighted by Crippen LogP contribution is -2.16. The number of nitrogens with one attached hydrogen (secondary N) is 1. The van der Waals surface area contributed by atoms with Crippen molar-refractivity contribution in [2.75, 3.05) is 18.6 Å². The van der Waals surface area contributed by atoms with E-state index in [0.29, 0.717) is 0 Å². The maximum absolute atomic E-state index is 10.8. The zero-order valence-electron chi connectivity index (χ0n) is 9.63. The Morgan fingerprint density at radius 2 is 2.20 bits per heavy atom. The minimum absolute atomic E-state index is 0.672. The van der Waals surface area contributed by atoms with Crippen molar-refractivity contribution in [3.05, 3.63) is 23.2 Å². The van der Waals surface area contributed by atoms with Crippen LogP contribution < -0.4 is 5.32 Å². The molecular formula is C11H19NO2S. The first-order valence-electron chi connectivity index (χ1n) is 5.16. The van der Waals surface area contributed by atoms with E-state index < -0.39 is 10.8 Å². The third-order valence-corrected chi connectivity index (χ3v) is 3.11. The Bertz CT molecular complexity index is 333. The van der Waals surface area contributed by atoms with Crippen molar-refractivity contribution in [1.82, 2.24) is 5.32 Å². The molecule has 15 heavy (non-hydrogen) atoms. The fourth-order valence-corrected chi connectivity index (χ4v) is 2.03. The fourth-order valence-electron chi connectivity index (χ4n) is 1.48. The van der Waals surface area contributed by atoms with Gasteiger partial charge in [-0.25, -0.2) is 0 Å². The molecule has 1 N–H and O–H groups in total. The monoisotopic (exact) mass is 229 g/mol. The first-order chi connectivity index (χ1) is 7.09. The van der Waals surface area contributed by atoms with Gasteiger partial charge >= 0.3 is 0 Å². The van der Waals surface area contributed by atoms with Crippen LogP contribution >= 0.6 is 0 Å². The predicted molar refractivity (Wildman–Crippen MR) is 63.4 cm³/mol. The van der Waals surface area contributed by atoms with Crippen LogP contribution in [0.25, 0.3) is 0 Å². The molecule has 0 amide bonds. The molecule has 1 aromatic rings. The maximum Gasteiger partial charge on any atom is 0.105 e. The van der Waals surface area contributed by atoms with E-state index in [4.69, 9.17) is 4.42 Å². The molecular weight excluding hydrogens is 210 g/mol. The van der Waals surface area contributed by atoms with Crippen molar-refractivity contribution in [3.8, 4) is 0 Å². The summed E-state index contributed by atoms with van der Waals surface area (Å²) in [6.07, 6.45) is 2.70. The van der Waals surface area contributed by atoms with Gasteiger partial charge in [0.15, 0.2) is 0 Å². The first kappa shape index (κ1) is 12.5. The Hall–Kier alpha value is -0.610. The average Bonchev–Trinajstić information content (AvgIpc) is 2.44. The molecule has 1 atom stereocenters. The van der Waals surface area contributed by atoms with Crippen LogP contribution in [0.2, 0.25) is 0 Å². The molecule has 0 aromatic carbocycles. The summed E-state index contributed by atoms with van der Waals surface area (Å²) in [5, 5.41) is 3.32. The van der Waals surface area contributed by atoms with E-state index in [-0.39, 0.29) is 0 Å². The smallest absolute Gasteiger partial charge is 0.105 e. The minimum atomic E-state index is -0.672. The van der Waals surface area contributed by atoms with E-state index in [1.165, 1.54) is 5.56 Å². The van der Waals surface area contributed by atoms with E-state index in [1.54, 1.807) is 6.26 Å². The number of aryl methyl sites for hydroxylation is 2. The predicted octanol–water partition coefficient (Wildman–Crippen LogP) is 1.75. The van der Waals surface area contributed by atoms with Crippen LogP contribution in [0.15, 0.2) is 10.5 Å². The van der Waals surface area contributed by atoms with Gasteiger partial charge in [0.1, 0.15) is 11.5 Å². The minimum Gasteiger partial charge on any atom is -0.466 e. The number of hydrogen-bond acceptors (Lipinski definition) is 3. The van der Waals surface area contributed by atoms with Crippen molar-refractivity contribution in [1.29, 1.82) is 0 Å². The Kier molecular flexibility index (Phi) is 5.05.